The second-order valence-electron chi connectivity index (χ2n) is 6.52. The molecule has 0 aliphatic rings. The number of halogens is 2. The van der Waals surface area contributed by atoms with Crippen LogP contribution in [0.3, 0.4) is 0 Å². The van der Waals surface area contributed by atoms with Gasteiger partial charge in [-0.2, -0.15) is 5.26 Å². The first-order chi connectivity index (χ1) is 15.4. The number of nitriles is 1. The van der Waals surface area contributed by atoms with Gasteiger partial charge in [0.05, 0.1) is 5.69 Å². The summed E-state index contributed by atoms with van der Waals surface area (Å²) in [6.07, 6.45) is 1.35. The molecule has 0 saturated heterocycles. The van der Waals surface area contributed by atoms with Crippen molar-refractivity contribution < 1.29 is 23.1 Å². The molecule has 32 heavy (non-hydrogen) atoms. The maximum absolute atomic E-state index is 13.6. The summed E-state index contributed by atoms with van der Waals surface area (Å²) in [4.78, 5) is 24.3. The van der Waals surface area contributed by atoms with Gasteiger partial charge in [-0.3, -0.25) is 9.59 Å². The minimum atomic E-state index is -0.658. The Bertz CT molecular complexity index is 1200. The SMILES string of the molecule is N#C/C(=C\c1cccc(OCC(=O)Nc2ccccc2F)c1)C(=O)Nc1ccc(F)cc1. The standard InChI is InChI=1S/C24H17F2N3O3/c25-18-8-10-19(11-9-18)28-24(31)17(14-27)12-16-4-3-5-20(13-16)32-15-23(30)29-22-7-2-1-6-21(22)26/h1-13H,15H2,(H,28,31)(H,29,30)/b17-12+. The first-order valence-corrected chi connectivity index (χ1v) is 9.40. The van der Waals surface area contributed by atoms with Crippen molar-refractivity contribution in [3.8, 4) is 11.8 Å². The lowest BCUT2D eigenvalue weighted by atomic mass is 10.1. The second kappa shape index (κ2) is 10.5. The Balaban J connectivity index is 1.63. The van der Waals surface area contributed by atoms with E-state index in [-0.39, 0.29) is 17.9 Å². The fraction of sp³-hybridized carbons (Fsp3) is 0.0417. The maximum atomic E-state index is 13.6. The minimum absolute atomic E-state index is 0.0450. The minimum Gasteiger partial charge on any atom is -0.484 e. The van der Waals surface area contributed by atoms with Gasteiger partial charge in [0.15, 0.2) is 6.61 Å². The summed E-state index contributed by atoms with van der Waals surface area (Å²) >= 11 is 0. The highest BCUT2D eigenvalue weighted by atomic mass is 19.1. The summed E-state index contributed by atoms with van der Waals surface area (Å²) in [7, 11) is 0. The maximum Gasteiger partial charge on any atom is 0.266 e. The lowest BCUT2D eigenvalue weighted by Crippen LogP contribution is -2.20. The van der Waals surface area contributed by atoms with E-state index in [2.05, 4.69) is 10.6 Å². The van der Waals surface area contributed by atoms with Gasteiger partial charge in [0, 0.05) is 5.69 Å². The van der Waals surface area contributed by atoms with Gasteiger partial charge in [0.2, 0.25) is 0 Å². The van der Waals surface area contributed by atoms with E-state index < -0.39 is 23.4 Å². The van der Waals surface area contributed by atoms with E-state index in [0.29, 0.717) is 17.0 Å². The van der Waals surface area contributed by atoms with E-state index >= 15 is 0 Å². The van der Waals surface area contributed by atoms with Crippen LogP contribution in [0.2, 0.25) is 0 Å². The zero-order valence-corrected chi connectivity index (χ0v) is 16.6. The van der Waals surface area contributed by atoms with Crippen molar-refractivity contribution in [2.75, 3.05) is 17.2 Å². The third kappa shape index (κ3) is 6.24. The summed E-state index contributed by atoms with van der Waals surface area (Å²) in [5.41, 5.74) is 0.700. The summed E-state index contributed by atoms with van der Waals surface area (Å²) < 4.78 is 32.0. The molecule has 2 N–H and O–H groups in total. The zero-order chi connectivity index (χ0) is 22.9. The number of carbonyl (C=O) groups excluding carboxylic acids is 2. The largest absolute Gasteiger partial charge is 0.484 e. The summed E-state index contributed by atoms with van der Waals surface area (Å²) in [6.45, 7) is -0.363. The molecule has 0 spiro atoms. The molecule has 0 aliphatic carbocycles. The van der Waals surface area contributed by atoms with Gasteiger partial charge in [0.25, 0.3) is 11.8 Å². The molecule has 0 aromatic heterocycles. The highest BCUT2D eigenvalue weighted by Gasteiger charge is 2.11. The summed E-state index contributed by atoms with van der Waals surface area (Å²) in [6, 6.07) is 19.1. The van der Waals surface area contributed by atoms with Crippen molar-refractivity contribution in [3.63, 3.8) is 0 Å². The van der Waals surface area contributed by atoms with Crippen LogP contribution in [0.5, 0.6) is 5.75 Å². The average molecular weight is 433 g/mol. The van der Waals surface area contributed by atoms with E-state index in [1.54, 1.807) is 30.3 Å². The van der Waals surface area contributed by atoms with Gasteiger partial charge in [0.1, 0.15) is 29.0 Å². The fourth-order valence-electron chi connectivity index (χ4n) is 2.64. The van der Waals surface area contributed by atoms with E-state index in [4.69, 9.17) is 4.74 Å². The van der Waals surface area contributed by atoms with Crippen LogP contribution in [0.4, 0.5) is 20.2 Å². The van der Waals surface area contributed by atoms with Crippen molar-refractivity contribution in [2.24, 2.45) is 0 Å². The first kappa shape index (κ1) is 22.2. The Kier molecular flexibility index (Phi) is 7.28. The molecule has 0 radical (unpaired) electrons. The number of nitrogens with one attached hydrogen (secondary N) is 2. The van der Waals surface area contributed by atoms with Gasteiger partial charge < -0.3 is 15.4 Å². The third-order valence-corrected chi connectivity index (χ3v) is 4.15. The predicted octanol–water partition coefficient (Wildman–Crippen LogP) is 4.53. The van der Waals surface area contributed by atoms with Gasteiger partial charge in [-0.05, 0) is 60.2 Å². The molecule has 0 unspecified atom stereocenters. The predicted molar refractivity (Wildman–Crippen MR) is 116 cm³/mol. The monoisotopic (exact) mass is 433 g/mol. The van der Waals surface area contributed by atoms with Crippen LogP contribution in [0, 0.1) is 23.0 Å². The van der Waals surface area contributed by atoms with Crippen molar-refractivity contribution >= 4 is 29.3 Å². The number of hydrogen-bond acceptors (Lipinski definition) is 4. The van der Waals surface area contributed by atoms with Crippen molar-refractivity contribution in [1.29, 1.82) is 5.26 Å². The fourth-order valence-corrected chi connectivity index (χ4v) is 2.64. The first-order valence-electron chi connectivity index (χ1n) is 9.40. The second-order valence-corrected chi connectivity index (χ2v) is 6.52. The van der Waals surface area contributed by atoms with Crippen LogP contribution in [0.15, 0.2) is 78.4 Å². The molecular formula is C24H17F2N3O3. The molecule has 0 fully saturated rings. The molecule has 3 aromatic rings. The van der Waals surface area contributed by atoms with Crippen LogP contribution in [-0.4, -0.2) is 18.4 Å². The summed E-state index contributed by atoms with van der Waals surface area (Å²) in [5.74, 6) is -1.89. The number of para-hydroxylation sites is 1. The Morgan fingerprint density at radius 3 is 2.44 bits per heavy atom. The Hall–Kier alpha value is -4.51. The molecular weight excluding hydrogens is 416 g/mol. The molecule has 0 heterocycles. The molecule has 0 aliphatic heterocycles. The topological polar surface area (TPSA) is 91.2 Å². The molecule has 3 aromatic carbocycles. The van der Waals surface area contributed by atoms with E-state index in [1.807, 2.05) is 6.07 Å². The third-order valence-electron chi connectivity index (χ3n) is 4.15. The smallest absolute Gasteiger partial charge is 0.266 e. The van der Waals surface area contributed by atoms with Crippen LogP contribution in [-0.2, 0) is 9.59 Å². The van der Waals surface area contributed by atoms with Gasteiger partial charge in [-0.15, -0.1) is 0 Å². The average Bonchev–Trinajstić information content (AvgIpc) is 2.79. The highest BCUT2D eigenvalue weighted by Crippen LogP contribution is 2.18. The quantitative estimate of drug-likeness (QED) is 0.423. The number of ether oxygens (including phenoxy) is 1. The molecule has 3 rings (SSSR count). The number of carbonyl (C=O) groups is 2. The number of benzene rings is 3. The lowest BCUT2D eigenvalue weighted by Gasteiger charge is -2.09. The van der Waals surface area contributed by atoms with Crippen LogP contribution >= 0.6 is 0 Å². The van der Waals surface area contributed by atoms with Crippen LogP contribution < -0.4 is 15.4 Å². The van der Waals surface area contributed by atoms with E-state index in [9.17, 15) is 23.6 Å². The molecule has 0 bridgehead atoms. The molecule has 2 amide bonds. The van der Waals surface area contributed by atoms with Gasteiger partial charge in [-0.25, -0.2) is 8.78 Å². The van der Waals surface area contributed by atoms with Crippen molar-refractivity contribution in [3.05, 3.63) is 95.6 Å². The van der Waals surface area contributed by atoms with Crippen LogP contribution in [0.25, 0.3) is 6.08 Å². The Morgan fingerprint density at radius 2 is 1.72 bits per heavy atom. The van der Waals surface area contributed by atoms with E-state index in [0.717, 1.165) is 0 Å². The van der Waals surface area contributed by atoms with Crippen molar-refractivity contribution in [2.45, 2.75) is 0 Å². The van der Waals surface area contributed by atoms with Crippen molar-refractivity contribution in [1.82, 2.24) is 0 Å². The molecule has 6 nitrogen and oxygen atoms in total. The van der Waals surface area contributed by atoms with Gasteiger partial charge in [-0.1, -0.05) is 24.3 Å². The normalized spacial score (nSPS) is 10.7. The van der Waals surface area contributed by atoms with E-state index in [1.165, 1.54) is 48.5 Å². The van der Waals surface area contributed by atoms with Gasteiger partial charge >= 0.3 is 0 Å². The molecule has 8 heteroatoms. The number of rotatable bonds is 7. The van der Waals surface area contributed by atoms with Crippen LogP contribution in [0.1, 0.15) is 5.56 Å². The number of hydrogen-bond donors (Lipinski definition) is 2. The Labute approximate surface area is 182 Å². The number of anilines is 2. The molecule has 0 saturated carbocycles. The molecule has 0 atom stereocenters. The number of nitrogens with zero attached hydrogens (tertiary/aromatic N) is 1. The number of amides is 2. The molecule has 160 valence electrons. The Morgan fingerprint density at radius 1 is 0.969 bits per heavy atom. The zero-order valence-electron chi connectivity index (χ0n) is 16.6. The summed E-state index contributed by atoms with van der Waals surface area (Å²) in [5, 5.41) is 14.3. The lowest BCUT2D eigenvalue weighted by molar-refractivity contribution is -0.118. The highest BCUT2D eigenvalue weighted by molar-refractivity contribution is 6.09.